The Hall–Kier alpha value is -3.40. The molecule has 0 bridgehead atoms. The van der Waals surface area contributed by atoms with Crippen molar-refractivity contribution in [1.29, 1.82) is 0 Å². The first-order chi connectivity index (χ1) is 14.2. The molecule has 0 fully saturated rings. The van der Waals surface area contributed by atoms with Gasteiger partial charge in [-0.3, -0.25) is 4.98 Å². The molecule has 0 amide bonds. The largest absolute Gasteiger partial charge is 0.264 e. The van der Waals surface area contributed by atoms with Crippen LogP contribution in [0, 0.1) is 5.82 Å². The van der Waals surface area contributed by atoms with Gasteiger partial charge in [0, 0.05) is 35.8 Å². The average molecular weight is 383 g/mol. The maximum absolute atomic E-state index is 13.2. The minimum atomic E-state index is -0.234. The fraction of sp³-hybridized carbons (Fsp3) is 0.160. The van der Waals surface area contributed by atoms with Crippen molar-refractivity contribution in [3.05, 3.63) is 89.5 Å². The van der Waals surface area contributed by atoms with Crippen LogP contribution in [-0.4, -0.2) is 16.4 Å². The zero-order chi connectivity index (χ0) is 20.1. The summed E-state index contributed by atoms with van der Waals surface area (Å²) in [6.07, 6.45) is 10.5. The SMILES string of the molecule is CC1=NN=C(CCc2ccc(/C=C/c3cnccc3-c3ccc(F)cc3)cc2)C1. The summed E-state index contributed by atoms with van der Waals surface area (Å²) in [7, 11) is 0. The molecule has 3 nitrogen and oxygen atoms in total. The second-order valence-electron chi connectivity index (χ2n) is 7.22. The van der Waals surface area contributed by atoms with E-state index in [1.807, 2.05) is 25.3 Å². The van der Waals surface area contributed by atoms with Crippen molar-refractivity contribution in [3.8, 4) is 11.1 Å². The normalized spacial score (nSPS) is 13.6. The van der Waals surface area contributed by atoms with Gasteiger partial charge in [0.25, 0.3) is 0 Å². The van der Waals surface area contributed by atoms with E-state index >= 15 is 0 Å². The molecule has 0 N–H and O–H groups in total. The molecular weight excluding hydrogens is 361 g/mol. The second-order valence-corrected chi connectivity index (χ2v) is 7.22. The van der Waals surface area contributed by atoms with Crippen molar-refractivity contribution in [2.75, 3.05) is 0 Å². The van der Waals surface area contributed by atoms with Crippen molar-refractivity contribution in [2.45, 2.75) is 26.2 Å². The van der Waals surface area contributed by atoms with E-state index in [1.54, 1.807) is 18.3 Å². The summed E-state index contributed by atoms with van der Waals surface area (Å²) in [6.45, 7) is 2.02. The zero-order valence-corrected chi connectivity index (χ0v) is 16.3. The Kier molecular flexibility index (Phi) is 5.71. The first-order valence-corrected chi connectivity index (χ1v) is 9.73. The highest BCUT2D eigenvalue weighted by atomic mass is 19.1. The fourth-order valence-corrected chi connectivity index (χ4v) is 3.36. The molecular formula is C25H22FN3. The lowest BCUT2D eigenvalue weighted by Gasteiger charge is -2.06. The summed E-state index contributed by atoms with van der Waals surface area (Å²) in [5.74, 6) is -0.234. The van der Waals surface area contributed by atoms with Crippen LogP contribution in [-0.2, 0) is 6.42 Å². The highest BCUT2D eigenvalue weighted by Crippen LogP contribution is 2.25. The van der Waals surface area contributed by atoms with Crippen molar-refractivity contribution >= 4 is 23.6 Å². The van der Waals surface area contributed by atoms with Crippen molar-refractivity contribution in [3.63, 3.8) is 0 Å². The quantitative estimate of drug-likeness (QED) is 0.498. The predicted molar refractivity (Wildman–Crippen MR) is 118 cm³/mol. The number of pyridine rings is 1. The molecule has 3 aromatic rings. The molecule has 2 aromatic carbocycles. The van der Waals surface area contributed by atoms with E-state index in [9.17, 15) is 4.39 Å². The molecule has 4 rings (SSSR count). The molecule has 0 aliphatic carbocycles. The number of halogens is 1. The molecule has 0 saturated heterocycles. The minimum Gasteiger partial charge on any atom is -0.264 e. The first kappa shape index (κ1) is 18.9. The van der Waals surface area contributed by atoms with Gasteiger partial charge in [-0.25, -0.2) is 4.39 Å². The van der Waals surface area contributed by atoms with E-state index in [4.69, 9.17) is 0 Å². The van der Waals surface area contributed by atoms with E-state index in [0.717, 1.165) is 52.9 Å². The number of nitrogens with zero attached hydrogens (tertiary/aromatic N) is 3. The summed E-state index contributed by atoms with van der Waals surface area (Å²) >= 11 is 0. The number of aromatic nitrogens is 1. The van der Waals surface area contributed by atoms with E-state index in [1.165, 1.54) is 17.7 Å². The van der Waals surface area contributed by atoms with E-state index in [0.29, 0.717) is 0 Å². The number of hydrogen-bond acceptors (Lipinski definition) is 3. The maximum atomic E-state index is 13.2. The van der Waals surface area contributed by atoms with Gasteiger partial charge in [0.1, 0.15) is 5.82 Å². The van der Waals surface area contributed by atoms with Crippen LogP contribution < -0.4 is 0 Å². The topological polar surface area (TPSA) is 37.6 Å². The Morgan fingerprint density at radius 1 is 0.897 bits per heavy atom. The van der Waals surface area contributed by atoms with Gasteiger partial charge < -0.3 is 0 Å². The Bertz CT molecular complexity index is 1080. The Labute approximate surface area is 170 Å². The van der Waals surface area contributed by atoms with Crippen LogP contribution in [0.1, 0.15) is 36.5 Å². The highest BCUT2D eigenvalue weighted by molar-refractivity contribution is 6.06. The Balaban J connectivity index is 1.44. The third-order valence-corrected chi connectivity index (χ3v) is 4.97. The van der Waals surface area contributed by atoms with Crippen LogP contribution in [0.3, 0.4) is 0 Å². The van der Waals surface area contributed by atoms with Crippen LogP contribution in [0.5, 0.6) is 0 Å². The molecule has 1 aliphatic heterocycles. The molecule has 29 heavy (non-hydrogen) atoms. The number of benzene rings is 2. The van der Waals surface area contributed by atoms with Gasteiger partial charge >= 0.3 is 0 Å². The van der Waals surface area contributed by atoms with Crippen molar-refractivity contribution in [2.24, 2.45) is 10.2 Å². The lowest BCUT2D eigenvalue weighted by atomic mass is 10.0. The fourth-order valence-electron chi connectivity index (χ4n) is 3.36. The van der Waals surface area contributed by atoms with Crippen molar-refractivity contribution in [1.82, 2.24) is 4.98 Å². The average Bonchev–Trinajstić information content (AvgIpc) is 3.17. The van der Waals surface area contributed by atoms with Crippen LogP contribution in [0.4, 0.5) is 4.39 Å². The maximum Gasteiger partial charge on any atom is 0.123 e. The van der Waals surface area contributed by atoms with Gasteiger partial charge in [-0.1, -0.05) is 48.6 Å². The first-order valence-electron chi connectivity index (χ1n) is 9.73. The summed E-state index contributed by atoms with van der Waals surface area (Å²) in [6, 6.07) is 17.1. The summed E-state index contributed by atoms with van der Waals surface area (Å²) < 4.78 is 13.2. The molecule has 4 heteroatoms. The van der Waals surface area contributed by atoms with Gasteiger partial charge in [-0.2, -0.15) is 10.2 Å². The van der Waals surface area contributed by atoms with Crippen LogP contribution >= 0.6 is 0 Å². The van der Waals surface area contributed by atoms with Gasteiger partial charge in [0.05, 0.1) is 0 Å². The van der Waals surface area contributed by atoms with Gasteiger partial charge in [0.15, 0.2) is 0 Å². The molecule has 2 heterocycles. The third-order valence-electron chi connectivity index (χ3n) is 4.97. The lowest BCUT2D eigenvalue weighted by molar-refractivity contribution is 0.628. The molecule has 0 spiro atoms. The van der Waals surface area contributed by atoms with Crippen LogP contribution in [0.2, 0.25) is 0 Å². The minimum absolute atomic E-state index is 0.234. The molecule has 144 valence electrons. The summed E-state index contributed by atoms with van der Waals surface area (Å²) in [5, 5.41) is 8.32. The van der Waals surface area contributed by atoms with E-state index in [2.05, 4.69) is 45.5 Å². The molecule has 0 radical (unpaired) electrons. The molecule has 1 aromatic heterocycles. The molecule has 0 atom stereocenters. The standard InChI is InChI=1S/C25H22FN3/c1-18-16-24(29-28-18)13-7-20-4-2-19(3-5-20)6-8-22-17-27-15-14-25(22)21-9-11-23(26)12-10-21/h2-6,8-12,14-15,17H,7,13,16H2,1H3/b8-6+. The molecule has 1 aliphatic rings. The third kappa shape index (κ3) is 4.91. The second kappa shape index (κ2) is 8.74. The zero-order valence-electron chi connectivity index (χ0n) is 16.3. The predicted octanol–water partition coefficient (Wildman–Crippen LogP) is 6.21. The summed E-state index contributed by atoms with van der Waals surface area (Å²) in [5.41, 5.74) is 7.67. The Morgan fingerprint density at radius 3 is 2.41 bits per heavy atom. The Morgan fingerprint density at radius 2 is 1.69 bits per heavy atom. The lowest BCUT2D eigenvalue weighted by Crippen LogP contribution is -2.00. The van der Waals surface area contributed by atoms with Gasteiger partial charge in [-0.05, 0) is 60.2 Å². The number of rotatable bonds is 6. The molecule has 0 saturated carbocycles. The summed E-state index contributed by atoms with van der Waals surface area (Å²) in [4.78, 5) is 4.24. The van der Waals surface area contributed by atoms with Gasteiger partial charge in [-0.15, -0.1) is 0 Å². The highest BCUT2D eigenvalue weighted by Gasteiger charge is 2.08. The number of hydrogen-bond donors (Lipinski definition) is 0. The smallest absolute Gasteiger partial charge is 0.123 e. The van der Waals surface area contributed by atoms with E-state index in [-0.39, 0.29) is 5.82 Å². The van der Waals surface area contributed by atoms with E-state index < -0.39 is 0 Å². The van der Waals surface area contributed by atoms with Crippen molar-refractivity contribution < 1.29 is 4.39 Å². The van der Waals surface area contributed by atoms with Crippen LogP contribution in [0.25, 0.3) is 23.3 Å². The monoisotopic (exact) mass is 383 g/mol. The van der Waals surface area contributed by atoms with Crippen LogP contribution in [0.15, 0.2) is 77.2 Å². The molecule has 0 unspecified atom stereocenters. The van der Waals surface area contributed by atoms with Gasteiger partial charge in [0.2, 0.25) is 0 Å². The number of aryl methyl sites for hydroxylation is 1.